The minimum absolute atomic E-state index is 0.286. The minimum atomic E-state index is -0.481. The third-order valence-electron chi connectivity index (χ3n) is 5.30. The number of pyridine rings is 1. The SMILES string of the molecule is CCOc1ccc(NC(=O)CN2C(=O)S/C(=C/c3cc(C)n(-c4ccncc4)c3C)C2=O)cc1. The number of benzene rings is 1. The van der Waals surface area contributed by atoms with E-state index in [2.05, 4.69) is 14.9 Å². The van der Waals surface area contributed by atoms with Gasteiger partial charge in [0.1, 0.15) is 12.3 Å². The number of rotatable bonds is 7. The van der Waals surface area contributed by atoms with Gasteiger partial charge < -0.3 is 14.6 Å². The van der Waals surface area contributed by atoms with E-state index in [0.29, 0.717) is 18.0 Å². The zero-order chi connectivity index (χ0) is 24.2. The number of thioether (sulfide) groups is 1. The molecule has 4 rings (SSSR count). The van der Waals surface area contributed by atoms with Crippen LogP contribution in [0, 0.1) is 13.8 Å². The van der Waals surface area contributed by atoms with Gasteiger partial charge >= 0.3 is 0 Å². The van der Waals surface area contributed by atoms with E-state index in [0.717, 1.165) is 39.3 Å². The maximum atomic E-state index is 12.9. The summed E-state index contributed by atoms with van der Waals surface area (Å²) in [7, 11) is 0. The molecule has 0 spiro atoms. The van der Waals surface area contributed by atoms with Crippen LogP contribution in [0.3, 0.4) is 0 Å². The number of aryl methyl sites for hydroxylation is 1. The molecule has 8 nitrogen and oxygen atoms in total. The monoisotopic (exact) mass is 476 g/mol. The number of carbonyl (C=O) groups excluding carboxylic acids is 3. The maximum Gasteiger partial charge on any atom is 0.294 e. The van der Waals surface area contributed by atoms with Crippen LogP contribution in [0.15, 0.2) is 59.8 Å². The molecule has 9 heteroatoms. The Kier molecular flexibility index (Phi) is 6.83. The van der Waals surface area contributed by atoms with Gasteiger partial charge in [0.2, 0.25) is 5.91 Å². The summed E-state index contributed by atoms with van der Waals surface area (Å²) in [4.78, 5) is 43.2. The van der Waals surface area contributed by atoms with Crippen LogP contribution in [0.4, 0.5) is 10.5 Å². The molecule has 3 heterocycles. The number of ether oxygens (including phenoxy) is 1. The summed E-state index contributed by atoms with van der Waals surface area (Å²) >= 11 is 0.835. The van der Waals surface area contributed by atoms with Crippen molar-refractivity contribution in [3.05, 3.63) is 76.7 Å². The van der Waals surface area contributed by atoms with Crippen molar-refractivity contribution in [1.82, 2.24) is 14.5 Å². The number of amides is 3. The first-order valence-corrected chi connectivity index (χ1v) is 11.6. The lowest BCUT2D eigenvalue weighted by Gasteiger charge is -2.12. The van der Waals surface area contributed by atoms with Crippen molar-refractivity contribution < 1.29 is 19.1 Å². The van der Waals surface area contributed by atoms with Crippen LogP contribution in [0.2, 0.25) is 0 Å². The lowest BCUT2D eigenvalue weighted by molar-refractivity contribution is -0.127. The second-order valence-corrected chi connectivity index (χ2v) is 8.63. The molecule has 3 amide bonds. The van der Waals surface area contributed by atoms with Gasteiger partial charge in [-0.15, -0.1) is 0 Å². The van der Waals surface area contributed by atoms with Crippen molar-refractivity contribution in [2.24, 2.45) is 0 Å². The molecule has 34 heavy (non-hydrogen) atoms. The Balaban J connectivity index is 1.47. The highest BCUT2D eigenvalue weighted by Crippen LogP contribution is 2.33. The normalized spacial score (nSPS) is 14.7. The molecule has 1 N–H and O–H groups in total. The number of carbonyl (C=O) groups is 3. The van der Waals surface area contributed by atoms with Crippen LogP contribution in [0.5, 0.6) is 5.75 Å². The predicted octanol–water partition coefficient (Wildman–Crippen LogP) is 4.56. The number of anilines is 1. The van der Waals surface area contributed by atoms with Gasteiger partial charge in [-0.2, -0.15) is 0 Å². The molecule has 1 aliphatic heterocycles. The second-order valence-electron chi connectivity index (χ2n) is 7.64. The first-order valence-electron chi connectivity index (χ1n) is 10.7. The topological polar surface area (TPSA) is 93.5 Å². The number of nitrogens with one attached hydrogen (secondary N) is 1. The Labute approximate surface area is 201 Å². The van der Waals surface area contributed by atoms with E-state index in [9.17, 15) is 14.4 Å². The molecule has 0 saturated carbocycles. The van der Waals surface area contributed by atoms with Crippen molar-refractivity contribution in [2.75, 3.05) is 18.5 Å². The number of imide groups is 1. The van der Waals surface area contributed by atoms with Crippen LogP contribution in [-0.2, 0) is 9.59 Å². The van der Waals surface area contributed by atoms with Gasteiger partial charge in [-0.3, -0.25) is 24.3 Å². The fourth-order valence-corrected chi connectivity index (χ4v) is 4.58. The first kappa shape index (κ1) is 23.3. The summed E-state index contributed by atoms with van der Waals surface area (Å²) in [5.41, 5.74) is 4.27. The van der Waals surface area contributed by atoms with E-state index in [1.165, 1.54) is 0 Å². The molecule has 0 radical (unpaired) electrons. The van der Waals surface area contributed by atoms with Gasteiger partial charge in [-0.1, -0.05) is 0 Å². The average molecular weight is 477 g/mol. The number of aromatic nitrogens is 2. The largest absolute Gasteiger partial charge is 0.494 e. The fourth-order valence-electron chi connectivity index (χ4n) is 3.75. The zero-order valence-electron chi connectivity index (χ0n) is 19.1. The van der Waals surface area contributed by atoms with Crippen molar-refractivity contribution in [2.45, 2.75) is 20.8 Å². The molecule has 0 bridgehead atoms. The molecule has 0 aliphatic carbocycles. The molecule has 1 saturated heterocycles. The third-order valence-corrected chi connectivity index (χ3v) is 6.21. The third kappa shape index (κ3) is 4.89. The Hall–Kier alpha value is -3.85. The standard InChI is InChI=1S/C25H24N4O4S/c1-4-33-21-7-5-19(6-8-21)27-23(30)15-28-24(31)22(34-25(28)32)14-18-13-16(2)29(17(18)3)20-9-11-26-12-10-20/h5-14H,4,15H2,1-3H3,(H,27,30)/b22-14+. The van der Waals surface area contributed by atoms with Gasteiger partial charge in [0, 0.05) is 35.2 Å². The molecule has 1 aliphatic rings. The van der Waals surface area contributed by atoms with Crippen molar-refractivity contribution >= 4 is 40.6 Å². The molecule has 0 unspecified atom stereocenters. The highest BCUT2D eigenvalue weighted by molar-refractivity contribution is 8.18. The van der Waals surface area contributed by atoms with Gasteiger partial charge in [-0.25, -0.2) is 0 Å². The minimum Gasteiger partial charge on any atom is -0.494 e. The molecule has 1 aromatic carbocycles. The van der Waals surface area contributed by atoms with Gasteiger partial charge in [0.25, 0.3) is 11.1 Å². The summed E-state index contributed by atoms with van der Waals surface area (Å²) in [6, 6.07) is 12.7. The van der Waals surface area contributed by atoms with E-state index in [4.69, 9.17) is 4.74 Å². The molecule has 3 aromatic rings. The fraction of sp³-hybridized carbons (Fsp3) is 0.200. The molecule has 0 atom stereocenters. The maximum absolute atomic E-state index is 12.9. The smallest absolute Gasteiger partial charge is 0.294 e. The Morgan fingerprint density at radius 3 is 2.50 bits per heavy atom. The number of hydrogen-bond donors (Lipinski definition) is 1. The predicted molar refractivity (Wildman–Crippen MR) is 132 cm³/mol. The molecule has 1 fully saturated rings. The summed E-state index contributed by atoms with van der Waals surface area (Å²) in [6.07, 6.45) is 5.14. The lowest BCUT2D eigenvalue weighted by atomic mass is 10.2. The van der Waals surface area contributed by atoms with Crippen LogP contribution in [-0.4, -0.2) is 44.7 Å². The number of hydrogen-bond acceptors (Lipinski definition) is 6. The van der Waals surface area contributed by atoms with Crippen LogP contribution in [0.1, 0.15) is 23.9 Å². The molecular formula is C25H24N4O4S. The highest BCUT2D eigenvalue weighted by Gasteiger charge is 2.36. The summed E-state index contributed by atoms with van der Waals surface area (Å²) in [5.74, 6) is -0.242. The lowest BCUT2D eigenvalue weighted by Crippen LogP contribution is -2.36. The van der Waals surface area contributed by atoms with Gasteiger partial charge in [-0.05, 0) is 86.6 Å². The molecule has 174 valence electrons. The van der Waals surface area contributed by atoms with E-state index >= 15 is 0 Å². The van der Waals surface area contributed by atoms with E-state index < -0.39 is 17.1 Å². The van der Waals surface area contributed by atoms with Crippen molar-refractivity contribution in [1.29, 1.82) is 0 Å². The van der Waals surface area contributed by atoms with E-state index in [1.54, 1.807) is 42.7 Å². The van der Waals surface area contributed by atoms with Crippen LogP contribution < -0.4 is 10.1 Å². The summed E-state index contributed by atoms with van der Waals surface area (Å²) in [5, 5.41) is 2.23. The quantitative estimate of drug-likeness (QED) is 0.503. The zero-order valence-corrected chi connectivity index (χ0v) is 19.9. The van der Waals surface area contributed by atoms with Crippen molar-refractivity contribution in [3.8, 4) is 11.4 Å². The Morgan fingerprint density at radius 1 is 1.12 bits per heavy atom. The van der Waals surface area contributed by atoms with Crippen LogP contribution >= 0.6 is 11.8 Å². The Morgan fingerprint density at radius 2 is 1.82 bits per heavy atom. The average Bonchev–Trinajstić information content (AvgIpc) is 3.25. The van der Waals surface area contributed by atoms with E-state index in [-0.39, 0.29) is 11.4 Å². The van der Waals surface area contributed by atoms with Crippen LogP contribution in [0.25, 0.3) is 11.8 Å². The van der Waals surface area contributed by atoms with Gasteiger partial charge in [0.05, 0.1) is 11.5 Å². The van der Waals surface area contributed by atoms with Gasteiger partial charge in [0.15, 0.2) is 0 Å². The highest BCUT2D eigenvalue weighted by atomic mass is 32.2. The van der Waals surface area contributed by atoms with Crippen molar-refractivity contribution in [3.63, 3.8) is 0 Å². The summed E-state index contributed by atoms with van der Waals surface area (Å²) < 4.78 is 7.44. The summed E-state index contributed by atoms with van der Waals surface area (Å²) in [6.45, 7) is 6.01. The molecular weight excluding hydrogens is 452 g/mol. The Bertz CT molecular complexity index is 1270. The first-order chi connectivity index (χ1) is 16.4. The second kappa shape index (κ2) is 9.96. The van der Waals surface area contributed by atoms with E-state index in [1.807, 2.05) is 39.0 Å². The molecule has 2 aromatic heterocycles. The number of nitrogens with zero attached hydrogens (tertiary/aromatic N) is 3.